The molecule has 0 saturated carbocycles. The number of rotatable bonds is 6. The number of benzene rings is 3. The summed E-state index contributed by atoms with van der Waals surface area (Å²) in [6.45, 7) is 0.236. The van der Waals surface area contributed by atoms with Gasteiger partial charge in [0.2, 0.25) is 10.0 Å². The zero-order valence-corrected chi connectivity index (χ0v) is 21.6. The van der Waals surface area contributed by atoms with Gasteiger partial charge >= 0.3 is 7.52 Å². The number of nitrogens with one attached hydrogen (secondary N) is 2. The van der Waals surface area contributed by atoms with Crippen molar-refractivity contribution >= 4 is 51.0 Å². The fraction of sp³-hybridized carbons (Fsp3) is 0.120. The van der Waals surface area contributed by atoms with Gasteiger partial charge in [0.25, 0.3) is 5.56 Å². The molecule has 0 radical (unpaired) electrons. The second-order valence-electron chi connectivity index (χ2n) is 8.50. The maximum absolute atomic E-state index is 13.8. The van der Waals surface area contributed by atoms with E-state index in [1.54, 1.807) is 24.3 Å². The van der Waals surface area contributed by atoms with Gasteiger partial charge in [-0.25, -0.2) is 8.42 Å². The van der Waals surface area contributed by atoms with E-state index >= 15 is 0 Å². The van der Waals surface area contributed by atoms with E-state index in [0.29, 0.717) is 16.6 Å². The highest BCUT2D eigenvalue weighted by Gasteiger charge is 2.35. The third kappa shape index (κ3) is 4.64. The predicted octanol–water partition coefficient (Wildman–Crippen LogP) is 3.46. The lowest BCUT2D eigenvalue weighted by molar-refractivity contribution is 0.404. The second-order valence-corrected chi connectivity index (χ2v) is 12.3. The first-order valence-electron chi connectivity index (χ1n) is 11.1. The average molecular weight is 539 g/mol. The molecule has 0 saturated heterocycles. The average Bonchev–Trinajstić information content (AvgIpc) is 2.87. The first kappa shape index (κ1) is 24.8. The van der Waals surface area contributed by atoms with Gasteiger partial charge < -0.3 is 19.5 Å². The second kappa shape index (κ2) is 9.19. The normalized spacial score (nSPS) is 17.1. The third-order valence-corrected chi connectivity index (χ3v) is 8.45. The van der Waals surface area contributed by atoms with Crippen molar-refractivity contribution in [2.45, 2.75) is 6.54 Å². The number of anilines is 2. The molecule has 3 aromatic carbocycles. The number of hydrogen-bond acceptors (Lipinski definition) is 7. The fourth-order valence-corrected chi connectivity index (χ4v) is 6.36. The summed E-state index contributed by atoms with van der Waals surface area (Å²) in [5.74, 6) is -0.422. The zero-order valence-electron chi connectivity index (χ0n) is 19.9. The van der Waals surface area contributed by atoms with Crippen LogP contribution in [0.3, 0.4) is 0 Å². The van der Waals surface area contributed by atoms with E-state index in [1.165, 1.54) is 29.9 Å². The van der Waals surface area contributed by atoms with Crippen molar-refractivity contribution in [3.63, 3.8) is 0 Å². The molecule has 1 aromatic heterocycles. The van der Waals surface area contributed by atoms with Gasteiger partial charge in [-0.15, -0.1) is 0 Å². The number of para-hydroxylation sites is 1. The molecule has 1 atom stereocenters. The molecule has 2 heterocycles. The highest BCUT2D eigenvalue weighted by atomic mass is 32.2. The minimum absolute atomic E-state index is 0.114. The molecule has 190 valence electrons. The number of pyridine rings is 1. The summed E-state index contributed by atoms with van der Waals surface area (Å²) in [4.78, 5) is 13.8. The van der Waals surface area contributed by atoms with E-state index in [0.717, 1.165) is 11.8 Å². The standard InChI is InChI=1S/C25H23N4O6PS/c1-35-36(32)21-14-17(28-37(2,33)34)12-13-19(21)26-24(27-36)22-23(30)18-10-6-7-11-20(18)29(25(22)31)15-16-8-4-3-5-9-16/h3-14,28,30H,15H2,1-2H3,(H,26,27,32). The van der Waals surface area contributed by atoms with Crippen LogP contribution >= 0.6 is 7.52 Å². The molecule has 1 unspecified atom stereocenters. The van der Waals surface area contributed by atoms with Crippen molar-refractivity contribution in [1.82, 2.24) is 4.57 Å². The van der Waals surface area contributed by atoms with Crippen LogP contribution in [0, 0.1) is 0 Å². The molecule has 0 aliphatic carbocycles. The Morgan fingerprint density at radius 1 is 1.08 bits per heavy atom. The van der Waals surface area contributed by atoms with Crippen molar-refractivity contribution < 1.29 is 22.6 Å². The Labute approximate surface area is 212 Å². The summed E-state index contributed by atoms with van der Waals surface area (Å²) in [5.41, 5.74) is 1.20. The molecule has 4 aromatic rings. The van der Waals surface area contributed by atoms with Gasteiger partial charge in [0.05, 0.1) is 29.3 Å². The molecule has 37 heavy (non-hydrogen) atoms. The highest BCUT2D eigenvalue weighted by molar-refractivity contribution is 7.92. The van der Waals surface area contributed by atoms with Crippen molar-refractivity contribution in [3.05, 3.63) is 94.3 Å². The van der Waals surface area contributed by atoms with Gasteiger partial charge in [0.15, 0.2) is 5.84 Å². The number of aromatic nitrogens is 1. The Morgan fingerprint density at radius 3 is 2.49 bits per heavy atom. The van der Waals surface area contributed by atoms with Crippen molar-refractivity contribution in [2.75, 3.05) is 23.4 Å². The summed E-state index contributed by atoms with van der Waals surface area (Å²) in [5, 5.41) is 14.7. The summed E-state index contributed by atoms with van der Waals surface area (Å²) < 4.78 is 50.5. The molecular weight excluding hydrogens is 515 g/mol. The molecular formula is C25H23N4O6PS. The van der Waals surface area contributed by atoms with E-state index < -0.39 is 23.1 Å². The summed E-state index contributed by atoms with van der Waals surface area (Å²) in [7, 11) is -6.32. The summed E-state index contributed by atoms with van der Waals surface area (Å²) in [6.07, 6.45) is 1.000. The predicted molar refractivity (Wildman–Crippen MR) is 145 cm³/mol. The maximum Gasteiger partial charge on any atom is 0.348 e. The van der Waals surface area contributed by atoms with Crippen LogP contribution in [0.25, 0.3) is 10.9 Å². The smallest absolute Gasteiger partial charge is 0.348 e. The lowest BCUT2D eigenvalue weighted by Crippen LogP contribution is -2.33. The topological polar surface area (TPSA) is 139 Å². The number of fused-ring (bicyclic) bond motifs is 2. The number of aromatic hydroxyl groups is 1. The molecule has 1 aliphatic heterocycles. The lowest BCUT2D eigenvalue weighted by Gasteiger charge is -2.25. The van der Waals surface area contributed by atoms with Crippen LogP contribution in [0.15, 0.2) is 82.4 Å². The van der Waals surface area contributed by atoms with E-state index in [1.807, 2.05) is 30.3 Å². The van der Waals surface area contributed by atoms with Gasteiger partial charge in [0, 0.05) is 18.2 Å². The van der Waals surface area contributed by atoms with Crippen LogP contribution in [-0.4, -0.2) is 37.3 Å². The van der Waals surface area contributed by atoms with Gasteiger partial charge in [-0.05, 0) is 35.9 Å². The molecule has 0 amide bonds. The van der Waals surface area contributed by atoms with E-state index in [-0.39, 0.29) is 34.7 Å². The summed E-state index contributed by atoms with van der Waals surface area (Å²) >= 11 is 0. The quantitative estimate of drug-likeness (QED) is 0.320. The Bertz CT molecular complexity index is 1780. The van der Waals surface area contributed by atoms with Gasteiger partial charge in [-0.3, -0.25) is 14.1 Å². The van der Waals surface area contributed by atoms with Crippen molar-refractivity contribution in [3.8, 4) is 5.75 Å². The molecule has 0 bridgehead atoms. The highest BCUT2D eigenvalue weighted by Crippen LogP contribution is 2.52. The fourth-order valence-electron chi connectivity index (χ4n) is 4.26. The first-order chi connectivity index (χ1) is 17.6. The molecule has 0 spiro atoms. The lowest BCUT2D eigenvalue weighted by atomic mass is 10.1. The minimum atomic E-state index is -3.95. The molecule has 12 heteroatoms. The van der Waals surface area contributed by atoms with Crippen molar-refractivity contribution in [2.24, 2.45) is 4.76 Å². The van der Waals surface area contributed by atoms with E-state index in [4.69, 9.17) is 4.52 Å². The monoisotopic (exact) mass is 538 g/mol. The minimum Gasteiger partial charge on any atom is -0.506 e. The Balaban J connectivity index is 1.70. The SMILES string of the molecule is COP1(=O)N=C(c2c(O)c3ccccc3n(Cc3ccccc3)c2=O)Nc2ccc(NS(C)(=O)=O)cc21. The molecule has 3 N–H and O–H groups in total. The maximum atomic E-state index is 13.8. The molecule has 10 nitrogen and oxygen atoms in total. The number of amidine groups is 1. The number of sulfonamides is 1. The van der Waals surface area contributed by atoms with E-state index in [2.05, 4.69) is 14.8 Å². The van der Waals surface area contributed by atoms with Crippen molar-refractivity contribution in [1.29, 1.82) is 0 Å². The van der Waals surface area contributed by atoms with Gasteiger partial charge in [-0.1, -0.05) is 42.5 Å². The number of nitrogens with zero attached hydrogens (tertiary/aromatic N) is 2. The van der Waals surface area contributed by atoms with Crippen LogP contribution in [0.1, 0.15) is 11.1 Å². The van der Waals surface area contributed by atoms with Crippen LogP contribution in [0.4, 0.5) is 11.4 Å². The molecule has 0 fully saturated rings. The number of hydrogen-bond donors (Lipinski definition) is 3. The van der Waals surface area contributed by atoms with E-state index in [9.17, 15) is 22.9 Å². The summed E-state index contributed by atoms with van der Waals surface area (Å²) in [6, 6.07) is 20.7. The van der Waals surface area contributed by atoms with Crippen LogP contribution in [-0.2, 0) is 25.7 Å². The van der Waals surface area contributed by atoms with Crippen LogP contribution in [0.2, 0.25) is 0 Å². The van der Waals surface area contributed by atoms with Crippen LogP contribution in [0.5, 0.6) is 5.75 Å². The van der Waals surface area contributed by atoms with Gasteiger partial charge in [0.1, 0.15) is 11.3 Å². The third-order valence-electron chi connectivity index (χ3n) is 5.90. The van der Waals surface area contributed by atoms with Crippen LogP contribution < -0.4 is 20.9 Å². The Kier molecular flexibility index (Phi) is 6.15. The van der Waals surface area contributed by atoms with Gasteiger partial charge in [-0.2, -0.15) is 4.76 Å². The first-order valence-corrected chi connectivity index (χ1v) is 14.6. The molecule has 5 rings (SSSR count). The zero-order chi connectivity index (χ0) is 26.4. The Hall–Kier alpha value is -3.92. The largest absolute Gasteiger partial charge is 0.506 e. The molecule has 1 aliphatic rings. The Morgan fingerprint density at radius 2 is 1.78 bits per heavy atom.